The van der Waals surface area contributed by atoms with E-state index in [2.05, 4.69) is 4.90 Å². The normalized spacial score (nSPS) is 19.2. The molecule has 0 bridgehead atoms. The van der Waals surface area contributed by atoms with Crippen molar-refractivity contribution in [2.45, 2.75) is 31.7 Å². The SMILES string of the molecule is COC(=O)CC1CCCCN1CCOc1ccc(Cl)cc1. The summed E-state index contributed by atoms with van der Waals surface area (Å²) >= 11 is 5.84. The summed E-state index contributed by atoms with van der Waals surface area (Å²) in [4.78, 5) is 13.8. The second kappa shape index (κ2) is 8.25. The standard InChI is InChI=1S/C16H22ClNO3/c1-20-16(19)12-14-4-2-3-9-18(14)10-11-21-15-7-5-13(17)6-8-15/h5-8,14H,2-4,9-12H2,1H3. The summed E-state index contributed by atoms with van der Waals surface area (Å²) in [5.74, 6) is 0.687. The van der Waals surface area contributed by atoms with Crippen LogP contribution in [-0.2, 0) is 9.53 Å². The molecule has 0 radical (unpaired) electrons. The molecule has 4 nitrogen and oxygen atoms in total. The van der Waals surface area contributed by atoms with Gasteiger partial charge in [0.15, 0.2) is 0 Å². The molecule has 0 spiro atoms. The minimum atomic E-state index is -0.134. The van der Waals surface area contributed by atoms with Gasteiger partial charge in [-0.05, 0) is 43.7 Å². The highest BCUT2D eigenvalue weighted by atomic mass is 35.5. The minimum Gasteiger partial charge on any atom is -0.492 e. The maximum absolute atomic E-state index is 11.5. The number of methoxy groups -OCH3 is 1. The minimum absolute atomic E-state index is 0.134. The predicted octanol–water partition coefficient (Wildman–Crippen LogP) is 3.14. The van der Waals surface area contributed by atoms with Crippen LogP contribution < -0.4 is 4.74 Å². The van der Waals surface area contributed by atoms with E-state index in [0.29, 0.717) is 18.1 Å². The van der Waals surface area contributed by atoms with Gasteiger partial charge in [-0.3, -0.25) is 9.69 Å². The first-order valence-corrected chi connectivity index (χ1v) is 7.76. The topological polar surface area (TPSA) is 38.8 Å². The Morgan fingerprint density at radius 3 is 2.81 bits per heavy atom. The van der Waals surface area contributed by atoms with Crippen molar-refractivity contribution < 1.29 is 14.3 Å². The van der Waals surface area contributed by atoms with Crippen molar-refractivity contribution in [2.75, 3.05) is 26.8 Å². The molecule has 1 aromatic rings. The van der Waals surface area contributed by atoms with E-state index < -0.39 is 0 Å². The van der Waals surface area contributed by atoms with Gasteiger partial charge in [0.05, 0.1) is 13.5 Å². The first kappa shape index (κ1) is 16.1. The van der Waals surface area contributed by atoms with E-state index in [1.54, 1.807) is 0 Å². The van der Waals surface area contributed by atoms with Crippen LogP contribution in [0.5, 0.6) is 5.75 Å². The van der Waals surface area contributed by atoms with Gasteiger partial charge in [0.1, 0.15) is 12.4 Å². The number of rotatable bonds is 6. The largest absolute Gasteiger partial charge is 0.492 e. The molecule has 1 unspecified atom stereocenters. The third kappa shape index (κ3) is 5.21. The first-order chi connectivity index (χ1) is 10.2. The number of esters is 1. The number of likely N-dealkylation sites (tertiary alicyclic amines) is 1. The summed E-state index contributed by atoms with van der Waals surface area (Å²) in [5.41, 5.74) is 0. The van der Waals surface area contributed by atoms with Crippen molar-refractivity contribution >= 4 is 17.6 Å². The summed E-state index contributed by atoms with van der Waals surface area (Å²) < 4.78 is 10.5. The zero-order valence-electron chi connectivity index (χ0n) is 12.4. The quantitative estimate of drug-likeness (QED) is 0.757. The van der Waals surface area contributed by atoms with Crippen LogP contribution in [0.3, 0.4) is 0 Å². The van der Waals surface area contributed by atoms with Gasteiger partial charge in [-0.2, -0.15) is 0 Å². The molecule has 0 amide bonds. The monoisotopic (exact) mass is 311 g/mol. The Labute approximate surface area is 131 Å². The van der Waals surface area contributed by atoms with Crippen LogP contribution in [0.4, 0.5) is 0 Å². The lowest BCUT2D eigenvalue weighted by atomic mass is 9.99. The van der Waals surface area contributed by atoms with Gasteiger partial charge < -0.3 is 9.47 Å². The number of ether oxygens (including phenoxy) is 2. The van der Waals surface area contributed by atoms with Crippen LogP contribution in [0.1, 0.15) is 25.7 Å². The van der Waals surface area contributed by atoms with Gasteiger partial charge in [-0.15, -0.1) is 0 Å². The number of halogens is 1. The molecule has 2 rings (SSSR count). The maximum atomic E-state index is 11.5. The summed E-state index contributed by atoms with van der Waals surface area (Å²) in [6.07, 6.45) is 3.88. The Bertz CT molecular complexity index is 449. The van der Waals surface area contributed by atoms with Crippen LogP contribution in [0, 0.1) is 0 Å². The average molecular weight is 312 g/mol. The highest BCUT2D eigenvalue weighted by molar-refractivity contribution is 6.30. The van der Waals surface area contributed by atoms with Crippen molar-refractivity contribution in [1.82, 2.24) is 4.90 Å². The Morgan fingerprint density at radius 2 is 2.10 bits per heavy atom. The molecule has 0 saturated carbocycles. The second-order valence-corrected chi connectivity index (χ2v) is 5.70. The van der Waals surface area contributed by atoms with Crippen LogP contribution in [-0.4, -0.2) is 43.7 Å². The van der Waals surface area contributed by atoms with Crippen LogP contribution >= 0.6 is 11.6 Å². The fraction of sp³-hybridized carbons (Fsp3) is 0.562. The van der Waals surface area contributed by atoms with E-state index in [0.717, 1.165) is 25.3 Å². The Balaban J connectivity index is 1.79. The van der Waals surface area contributed by atoms with Crippen molar-refractivity contribution in [3.63, 3.8) is 0 Å². The van der Waals surface area contributed by atoms with Crippen LogP contribution in [0.25, 0.3) is 0 Å². The van der Waals surface area contributed by atoms with Gasteiger partial charge in [-0.1, -0.05) is 18.0 Å². The fourth-order valence-electron chi connectivity index (χ4n) is 2.67. The highest BCUT2D eigenvalue weighted by Gasteiger charge is 2.24. The molecule has 5 heteroatoms. The second-order valence-electron chi connectivity index (χ2n) is 5.27. The van der Waals surface area contributed by atoms with E-state index in [-0.39, 0.29) is 12.0 Å². The van der Waals surface area contributed by atoms with E-state index in [4.69, 9.17) is 21.1 Å². The van der Waals surface area contributed by atoms with Gasteiger partial charge >= 0.3 is 5.97 Å². The number of hydrogen-bond acceptors (Lipinski definition) is 4. The molecule has 0 aliphatic carbocycles. The zero-order valence-corrected chi connectivity index (χ0v) is 13.1. The number of nitrogens with zero attached hydrogens (tertiary/aromatic N) is 1. The zero-order chi connectivity index (χ0) is 15.1. The lowest BCUT2D eigenvalue weighted by Crippen LogP contribution is -2.43. The molecule has 0 aromatic heterocycles. The van der Waals surface area contributed by atoms with Gasteiger partial charge in [0, 0.05) is 17.6 Å². The van der Waals surface area contributed by atoms with Crippen LogP contribution in [0.2, 0.25) is 5.02 Å². The number of hydrogen-bond donors (Lipinski definition) is 0. The van der Waals surface area contributed by atoms with Crippen molar-refractivity contribution in [1.29, 1.82) is 0 Å². The van der Waals surface area contributed by atoms with Crippen molar-refractivity contribution in [3.8, 4) is 5.75 Å². The molecule has 1 heterocycles. The summed E-state index contributed by atoms with van der Waals surface area (Å²) in [6, 6.07) is 7.64. The molecule has 1 atom stereocenters. The van der Waals surface area contributed by atoms with Crippen molar-refractivity contribution in [3.05, 3.63) is 29.3 Å². The van der Waals surface area contributed by atoms with Gasteiger partial charge in [-0.25, -0.2) is 0 Å². The highest BCUT2D eigenvalue weighted by Crippen LogP contribution is 2.20. The number of carbonyl (C=O) groups is 1. The number of benzene rings is 1. The van der Waals surface area contributed by atoms with Gasteiger partial charge in [0.25, 0.3) is 0 Å². The third-order valence-corrected chi connectivity index (χ3v) is 4.09. The lowest BCUT2D eigenvalue weighted by Gasteiger charge is -2.34. The Morgan fingerprint density at radius 1 is 1.33 bits per heavy atom. The van der Waals surface area contributed by atoms with E-state index in [9.17, 15) is 4.79 Å². The number of carbonyl (C=O) groups excluding carboxylic acids is 1. The molecule has 21 heavy (non-hydrogen) atoms. The molecular weight excluding hydrogens is 290 g/mol. The summed E-state index contributed by atoms with van der Waals surface area (Å²) in [5, 5.41) is 0.705. The molecule has 0 N–H and O–H groups in total. The smallest absolute Gasteiger partial charge is 0.307 e. The Kier molecular flexibility index (Phi) is 6.33. The van der Waals surface area contributed by atoms with E-state index >= 15 is 0 Å². The molecule has 1 fully saturated rings. The van der Waals surface area contributed by atoms with E-state index in [1.807, 2.05) is 24.3 Å². The fourth-order valence-corrected chi connectivity index (χ4v) is 2.80. The van der Waals surface area contributed by atoms with Crippen LogP contribution in [0.15, 0.2) is 24.3 Å². The summed E-state index contributed by atoms with van der Waals surface area (Å²) in [7, 11) is 1.44. The maximum Gasteiger partial charge on any atom is 0.307 e. The molecule has 1 aliphatic rings. The van der Waals surface area contributed by atoms with Gasteiger partial charge in [0.2, 0.25) is 0 Å². The first-order valence-electron chi connectivity index (χ1n) is 7.38. The molecule has 1 aromatic carbocycles. The third-order valence-electron chi connectivity index (χ3n) is 3.84. The predicted molar refractivity (Wildman–Crippen MR) is 82.8 cm³/mol. The van der Waals surface area contributed by atoms with Crippen molar-refractivity contribution in [2.24, 2.45) is 0 Å². The lowest BCUT2D eigenvalue weighted by molar-refractivity contribution is -0.142. The molecule has 1 aliphatic heterocycles. The molecular formula is C16H22ClNO3. The van der Waals surface area contributed by atoms with E-state index in [1.165, 1.54) is 20.0 Å². The average Bonchev–Trinajstić information content (AvgIpc) is 2.51. The molecule has 116 valence electrons. The molecule has 1 saturated heterocycles. The Hall–Kier alpha value is -1.26. The number of piperidine rings is 1. The summed E-state index contributed by atoms with van der Waals surface area (Å²) in [6.45, 7) is 2.45.